The van der Waals surface area contributed by atoms with Crippen LogP contribution in [0.15, 0.2) is 115 Å². The summed E-state index contributed by atoms with van der Waals surface area (Å²) in [6, 6.07) is 41.2. The predicted molar refractivity (Wildman–Crippen MR) is 183 cm³/mol. The zero-order valence-corrected chi connectivity index (χ0v) is 25.3. The highest BCUT2D eigenvalue weighted by Gasteiger charge is 2.20. The van der Waals surface area contributed by atoms with Gasteiger partial charge in [0.05, 0.1) is 0 Å². The molecule has 6 aromatic rings. The van der Waals surface area contributed by atoms with E-state index < -0.39 is 6.04 Å². The second kappa shape index (κ2) is 11.7. The molecule has 0 atom stereocenters. The van der Waals surface area contributed by atoms with Crippen molar-refractivity contribution < 1.29 is 0 Å². The number of hydrogen-bond donors (Lipinski definition) is 0. The molecule has 0 aliphatic heterocycles. The van der Waals surface area contributed by atoms with Gasteiger partial charge in [-0.25, -0.2) is 0 Å². The van der Waals surface area contributed by atoms with Crippen molar-refractivity contribution in [2.24, 2.45) is 0 Å². The van der Waals surface area contributed by atoms with Gasteiger partial charge in [0.15, 0.2) is 0 Å². The van der Waals surface area contributed by atoms with Gasteiger partial charge in [-0.1, -0.05) is 148 Å². The third kappa shape index (κ3) is 5.03. The van der Waals surface area contributed by atoms with E-state index >= 15 is 0 Å². The zero-order valence-electron chi connectivity index (χ0n) is 23.6. The Morgan fingerprint density at radius 2 is 0.950 bits per heavy atom. The average molecular weight is 557 g/mol. The molecule has 0 nitrogen and oxygen atoms in total. The van der Waals surface area contributed by atoms with Gasteiger partial charge in [0.2, 0.25) is 0 Å². The minimum Gasteiger partial charge on any atom is -0.0926 e. The van der Waals surface area contributed by atoms with Crippen LogP contribution in [0.4, 0.5) is 0 Å². The summed E-state index contributed by atoms with van der Waals surface area (Å²) in [7, 11) is 0. The van der Waals surface area contributed by atoms with Crippen LogP contribution in [0.5, 0.6) is 0 Å². The molecule has 0 saturated heterocycles. The van der Waals surface area contributed by atoms with Crippen LogP contribution in [-0.2, 0) is 11.8 Å². The first-order chi connectivity index (χ1) is 19.6. The standard InChI is InChI=1S/C38H37PS/c1-3-5-25-39(40,26-6-4-2)32-23-21-29(22-24-32)37-33-15-9-11-17-35(33)38(36-18-12-10-16-34(36)37)31-20-19-28-13-7-8-14-30(28)27-31/h7-24,27H,3-6,25-26H2,1-2H3. The molecule has 0 saturated carbocycles. The Labute approximate surface area is 244 Å². The fraction of sp³-hybridized carbons (Fsp3) is 0.211. The first-order valence-electron chi connectivity index (χ1n) is 14.7. The largest absolute Gasteiger partial charge is 0.0926 e. The first-order valence-corrected chi connectivity index (χ1v) is 17.9. The first kappa shape index (κ1) is 26.9. The highest BCUT2D eigenvalue weighted by Crippen LogP contribution is 2.48. The summed E-state index contributed by atoms with van der Waals surface area (Å²) in [5, 5.41) is 9.15. The molecule has 40 heavy (non-hydrogen) atoms. The fourth-order valence-corrected chi connectivity index (χ4v) is 10.4. The van der Waals surface area contributed by atoms with E-state index in [0.717, 1.165) is 0 Å². The lowest BCUT2D eigenvalue weighted by molar-refractivity contribution is 0.870. The van der Waals surface area contributed by atoms with E-state index in [1.54, 1.807) is 0 Å². The van der Waals surface area contributed by atoms with Crippen LogP contribution in [0.2, 0.25) is 0 Å². The molecule has 0 heterocycles. The van der Waals surface area contributed by atoms with Gasteiger partial charge in [-0.2, -0.15) is 0 Å². The Morgan fingerprint density at radius 1 is 0.500 bits per heavy atom. The Hall–Kier alpha value is -3.25. The molecule has 200 valence electrons. The van der Waals surface area contributed by atoms with E-state index in [2.05, 4.69) is 129 Å². The molecule has 0 amide bonds. The van der Waals surface area contributed by atoms with Gasteiger partial charge < -0.3 is 0 Å². The molecule has 0 unspecified atom stereocenters. The number of hydrogen-bond acceptors (Lipinski definition) is 1. The average Bonchev–Trinajstić information content (AvgIpc) is 3.01. The molecular formula is C38H37PS. The topological polar surface area (TPSA) is 0 Å². The molecule has 2 heteroatoms. The van der Waals surface area contributed by atoms with Gasteiger partial charge >= 0.3 is 0 Å². The van der Waals surface area contributed by atoms with Crippen LogP contribution >= 0.6 is 6.04 Å². The van der Waals surface area contributed by atoms with Crippen LogP contribution < -0.4 is 5.30 Å². The van der Waals surface area contributed by atoms with Gasteiger partial charge in [-0.05, 0) is 97.1 Å². The predicted octanol–water partition coefficient (Wildman–Crippen LogP) is 11.2. The number of unbranched alkanes of at least 4 members (excludes halogenated alkanes) is 2. The van der Waals surface area contributed by atoms with Crippen LogP contribution in [0.1, 0.15) is 39.5 Å². The van der Waals surface area contributed by atoms with Crippen LogP contribution in [-0.4, -0.2) is 12.3 Å². The minimum atomic E-state index is -1.55. The maximum absolute atomic E-state index is 6.43. The SMILES string of the molecule is CCCCP(=S)(CCCC)c1ccc(-c2c3ccccc3c(-c3ccc4ccccc4c3)c3ccccc23)cc1. The Balaban J connectivity index is 1.54. The van der Waals surface area contributed by atoms with Gasteiger partial charge in [0.1, 0.15) is 0 Å². The summed E-state index contributed by atoms with van der Waals surface area (Å²) < 4.78 is 0. The van der Waals surface area contributed by atoms with Crippen molar-refractivity contribution in [3.8, 4) is 22.3 Å². The monoisotopic (exact) mass is 556 g/mol. The molecular weight excluding hydrogens is 519 g/mol. The van der Waals surface area contributed by atoms with Crippen LogP contribution in [0.25, 0.3) is 54.6 Å². The van der Waals surface area contributed by atoms with Crippen LogP contribution in [0, 0.1) is 0 Å². The van der Waals surface area contributed by atoms with E-state index in [4.69, 9.17) is 11.8 Å². The Bertz CT molecular complexity index is 1780. The zero-order chi connectivity index (χ0) is 27.5. The van der Waals surface area contributed by atoms with Crippen molar-refractivity contribution in [3.63, 3.8) is 0 Å². The minimum absolute atomic E-state index is 1.19. The molecule has 0 aromatic heterocycles. The van der Waals surface area contributed by atoms with Crippen molar-refractivity contribution >= 4 is 55.5 Å². The number of fused-ring (bicyclic) bond motifs is 3. The lowest BCUT2D eigenvalue weighted by Crippen LogP contribution is -2.11. The second-order valence-electron chi connectivity index (χ2n) is 11.0. The lowest BCUT2D eigenvalue weighted by atomic mass is 9.85. The van der Waals surface area contributed by atoms with Crippen molar-refractivity contribution in [3.05, 3.63) is 115 Å². The maximum Gasteiger partial charge on any atom is -0.00262 e. The molecule has 6 aromatic carbocycles. The molecule has 0 aliphatic rings. The van der Waals surface area contributed by atoms with E-state index in [1.807, 2.05) is 0 Å². The lowest BCUT2D eigenvalue weighted by Gasteiger charge is -2.23. The summed E-state index contributed by atoms with van der Waals surface area (Å²) in [5.74, 6) is 0. The molecule has 0 bridgehead atoms. The smallest absolute Gasteiger partial charge is 0.00262 e. The van der Waals surface area contributed by atoms with Crippen molar-refractivity contribution in [2.45, 2.75) is 39.5 Å². The molecule has 0 radical (unpaired) electrons. The Kier molecular flexibility index (Phi) is 7.88. The summed E-state index contributed by atoms with van der Waals surface area (Å²) >= 11 is 6.43. The van der Waals surface area contributed by atoms with Crippen molar-refractivity contribution in [2.75, 3.05) is 12.3 Å². The number of benzene rings is 6. The quantitative estimate of drug-likeness (QED) is 0.126. The van der Waals surface area contributed by atoms with Gasteiger partial charge in [-0.15, -0.1) is 0 Å². The molecule has 0 fully saturated rings. The number of rotatable bonds is 9. The van der Waals surface area contributed by atoms with E-state index in [1.165, 1.54) is 97.9 Å². The third-order valence-corrected chi connectivity index (χ3v) is 13.4. The molecule has 0 spiro atoms. The summed E-state index contributed by atoms with van der Waals surface area (Å²) in [6.45, 7) is 4.56. The van der Waals surface area contributed by atoms with Crippen LogP contribution in [0.3, 0.4) is 0 Å². The highest BCUT2D eigenvalue weighted by atomic mass is 32.4. The van der Waals surface area contributed by atoms with Gasteiger partial charge in [0, 0.05) is 0 Å². The van der Waals surface area contributed by atoms with Crippen molar-refractivity contribution in [1.82, 2.24) is 0 Å². The second-order valence-corrected chi connectivity index (χ2v) is 16.3. The van der Waals surface area contributed by atoms with E-state index in [0.29, 0.717) is 0 Å². The fourth-order valence-electron chi connectivity index (χ4n) is 6.19. The highest BCUT2D eigenvalue weighted by molar-refractivity contribution is 8.18. The summed E-state index contributed by atoms with van der Waals surface area (Å²) in [5.41, 5.74) is 5.17. The van der Waals surface area contributed by atoms with Gasteiger partial charge in [-0.3, -0.25) is 0 Å². The third-order valence-electron chi connectivity index (χ3n) is 8.34. The molecule has 0 N–H and O–H groups in total. The molecule has 6 rings (SSSR count). The maximum atomic E-state index is 6.43. The summed E-state index contributed by atoms with van der Waals surface area (Å²) in [6.07, 6.45) is 7.26. The normalized spacial score (nSPS) is 11.9. The summed E-state index contributed by atoms with van der Waals surface area (Å²) in [4.78, 5) is 0. The van der Waals surface area contributed by atoms with Crippen molar-refractivity contribution in [1.29, 1.82) is 0 Å². The van der Waals surface area contributed by atoms with E-state index in [9.17, 15) is 0 Å². The molecule has 0 aliphatic carbocycles. The Morgan fingerprint density at radius 3 is 1.48 bits per heavy atom. The van der Waals surface area contributed by atoms with E-state index in [-0.39, 0.29) is 0 Å². The van der Waals surface area contributed by atoms with Gasteiger partial charge in [0.25, 0.3) is 0 Å².